The molecular weight excluding hydrogens is 472 g/mol. The number of ether oxygens (including phenoxy) is 2. The van der Waals surface area contributed by atoms with E-state index in [9.17, 15) is 10.1 Å². The van der Waals surface area contributed by atoms with E-state index >= 15 is 0 Å². The van der Waals surface area contributed by atoms with Crippen LogP contribution in [-0.4, -0.2) is 19.6 Å². The molecule has 36 heavy (non-hydrogen) atoms. The first-order valence-electron chi connectivity index (χ1n) is 11.7. The highest BCUT2D eigenvalue weighted by Crippen LogP contribution is 2.35. The third kappa shape index (κ3) is 7.76. The van der Waals surface area contributed by atoms with Gasteiger partial charge in [0.1, 0.15) is 18.2 Å². The Morgan fingerprint density at radius 2 is 1.86 bits per heavy atom. The summed E-state index contributed by atoms with van der Waals surface area (Å²) in [5.74, 6) is 0.696. The normalized spacial score (nSPS) is 10.9. The SMILES string of the molecule is C=CCc1cc(/C=C(/C#N)C(=O)NCCCc2ccccc2)cc(OC)c1OCc1ccc(Cl)cc1. The molecule has 0 aliphatic carbocycles. The smallest absolute Gasteiger partial charge is 0.261 e. The molecule has 5 nitrogen and oxygen atoms in total. The zero-order valence-corrected chi connectivity index (χ0v) is 21.1. The summed E-state index contributed by atoms with van der Waals surface area (Å²) in [6.07, 6.45) is 5.49. The lowest BCUT2D eigenvalue weighted by atomic mass is 10.0. The molecule has 3 aromatic carbocycles. The number of methoxy groups -OCH3 is 1. The van der Waals surface area contributed by atoms with Gasteiger partial charge in [0.05, 0.1) is 7.11 Å². The third-order valence-corrected chi connectivity index (χ3v) is 5.73. The first-order valence-corrected chi connectivity index (χ1v) is 12.0. The number of rotatable bonds is 12. The lowest BCUT2D eigenvalue weighted by Gasteiger charge is -2.16. The van der Waals surface area contributed by atoms with Crippen molar-refractivity contribution in [3.05, 3.63) is 112 Å². The quantitative estimate of drug-likeness (QED) is 0.137. The van der Waals surface area contributed by atoms with E-state index < -0.39 is 5.91 Å². The number of benzene rings is 3. The molecule has 184 valence electrons. The van der Waals surface area contributed by atoms with Crippen molar-refractivity contribution in [2.45, 2.75) is 25.9 Å². The Morgan fingerprint density at radius 1 is 1.11 bits per heavy atom. The summed E-state index contributed by atoms with van der Waals surface area (Å²) in [6.45, 7) is 4.65. The Morgan fingerprint density at radius 3 is 2.53 bits per heavy atom. The van der Waals surface area contributed by atoms with Crippen molar-refractivity contribution in [1.82, 2.24) is 5.32 Å². The number of nitrogens with zero attached hydrogens (tertiary/aromatic N) is 1. The highest BCUT2D eigenvalue weighted by Gasteiger charge is 2.15. The number of allylic oxidation sites excluding steroid dienone is 1. The second-order valence-corrected chi connectivity index (χ2v) is 8.57. The van der Waals surface area contributed by atoms with Crippen LogP contribution in [0.3, 0.4) is 0 Å². The largest absolute Gasteiger partial charge is 0.493 e. The average Bonchev–Trinajstić information content (AvgIpc) is 2.90. The van der Waals surface area contributed by atoms with Crippen molar-refractivity contribution < 1.29 is 14.3 Å². The highest BCUT2D eigenvalue weighted by molar-refractivity contribution is 6.30. The van der Waals surface area contributed by atoms with Crippen LogP contribution in [0.2, 0.25) is 5.02 Å². The van der Waals surface area contributed by atoms with Gasteiger partial charge < -0.3 is 14.8 Å². The van der Waals surface area contributed by atoms with Gasteiger partial charge in [0.2, 0.25) is 0 Å². The average molecular weight is 501 g/mol. The zero-order valence-electron chi connectivity index (χ0n) is 20.3. The van der Waals surface area contributed by atoms with Gasteiger partial charge in [-0.15, -0.1) is 6.58 Å². The second kappa shape index (κ2) is 13.8. The predicted octanol–water partition coefficient (Wildman–Crippen LogP) is 6.31. The molecular formula is C30H29ClN2O3. The van der Waals surface area contributed by atoms with Crippen LogP contribution in [0, 0.1) is 11.3 Å². The second-order valence-electron chi connectivity index (χ2n) is 8.13. The fourth-order valence-corrected chi connectivity index (χ4v) is 3.80. The number of hydrogen-bond acceptors (Lipinski definition) is 4. The van der Waals surface area contributed by atoms with Gasteiger partial charge >= 0.3 is 0 Å². The molecule has 3 rings (SSSR count). The number of halogens is 1. The maximum Gasteiger partial charge on any atom is 0.261 e. The zero-order chi connectivity index (χ0) is 25.8. The summed E-state index contributed by atoms with van der Waals surface area (Å²) in [4.78, 5) is 12.6. The number of aryl methyl sites for hydroxylation is 1. The van der Waals surface area contributed by atoms with Crippen molar-refractivity contribution in [1.29, 1.82) is 5.26 Å². The summed E-state index contributed by atoms with van der Waals surface area (Å²) < 4.78 is 11.7. The summed E-state index contributed by atoms with van der Waals surface area (Å²) >= 11 is 5.97. The van der Waals surface area contributed by atoms with Gasteiger partial charge in [0.15, 0.2) is 11.5 Å². The molecule has 0 unspecified atom stereocenters. The molecule has 0 aromatic heterocycles. The van der Waals surface area contributed by atoms with E-state index in [2.05, 4.69) is 24.0 Å². The number of amides is 1. The summed E-state index contributed by atoms with van der Waals surface area (Å²) in [5, 5.41) is 13.1. The van der Waals surface area contributed by atoms with E-state index in [1.165, 1.54) is 5.56 Å². The molecule has 0 bridgehead atoms. The van der Waals surface area contributed by atoms with Crippen LogP contribution in [0.1, 0.15) is 28.7 Å². The van der Waals surface area contributed by atoms with E-state index in [1.54, 1.807) is 25.3 Å². The van der Waals surface area contributed by atoms with E-state index in [4.69, 9.17) is 21.1 Å². The van der Waals surface area contributed by atoms with Gasteiger partial charge in [0.25, 0.3) is 5.91 Å². The summed E-state index contributed by atoms with van der Waals surface area (Å²) in [7, 11) is 1.56. The molecule has 0 aliphatic rings. The van der Waals surface area contributed by atoms with Crippen molar-refractivity contribution >= 4 is 23.6 Å². The molecule has 1 amide bonds. The molecule has 0 heterocycles. The molecule has 0 aliphatic heterocycles. The van der Waals surface area contributed by atoms with Gasteiger partial charge in [0, 0.05) is 17.1 Å². The van der Waals surface area contributed by atoms with Crippen LogP contribution < -0.4 is 14.8 Å². The fourth-order valence-electron chi connectivity index (χ4n) is 3.68. The minimum Gasteiger partial charge on any atom is -0.493 e. The molecule has 6 heteroatoms. The Labute approximate surface area is 217 Å². The Hall–Kier alpha value is -4.01. The van der Waals surface area contributed by atoms with Crippen molar-refractivity contribution in [3.63, 3.8) is 0 Å². The lowest BCUT2D eigenvalue weighted by molar-refractivity contribution is -0.117. The molecule has 0 radical (unpaired) electrons. The predicted molar refractivity (Wildman–Crippen MR) is 144 cm³/mol. The minimum atomic E-state index is -0.405. The lowest BCUT2D eigenvalue weighted by Crippen LogP contribution is -2.25. The molecule has 0 fully saturated rings. The topological polar surface area (TPSA) is 71.4 Å². The first-order chi connectivity index (χ1) is 17.5. The van der Waals surface area contributed by atoms with Crippen molar-refractivity contribution in [2.24, 2.45) is 0 Å². The molecule has 0 atom stereocenters. The van der Waals surface area contributed by atoms with Gasteiger partial charge in [-0.3, -0.25) is 4.79 Å². The van der Waals surface area contributed by atoms with Crippen LogP contribution >= 0.6 is 11.6 Å². The number of nitriles is 1. The molecule has 0 saturated carbocycles. The van der Waals surface area contributed by atoms with Crippen LogP contribution in [0.15, 0.2) is 85.0 Å². The van der Waals surface area contributed by atoms with Crippen LogP contribution in [0.4, 0.5) is 0 Å². The van der Waals surface area contributed by atoms with Crippen LogP contribution in [0.5, 0.6) is 11.5 Å². The van der Waals surface area contributed by atoms with Gasteiger partial charge in [-0.05, 0) is 66.3 Å². The minimum absolute atomic E-state index is 0.0242. The standard InChI is InChI=1S/C30H29ClN2O3/c1-3-8-25-17-24(19-28(35-2)29(25)36-21-23-12-14-27(31)15-13-23)18-26(20-32)30(34)33-16-7-11-22-9-5-4-6-10-22/h3-6,9-10,12-15,17-19H,1,7-8,11,16,21H2,2H3,(H,33,34)/b26-18-. The summed E-state index contributed by atoms with van der Waals surface area (Å²) in [6, 6.07) is 23.1. The van der Waals surface area contributed by atoms with Crippen LogP contribution in [0.25, 0.3) is 6.08 Å². The van der Waals surface area contributed by atoms with E-state index in [-0.39, 0.29) is 5.57 Å². The number of nitrogens with one attached hydrogen (secondary N) is 1. The van der Waals surface area contributed by atoms with E-state index in [0.717, 1.165) is 24.0 Å². The monoisotopic (exact) mass is 500 g/mol. The summed E-state index contributed by atoms with van der Waals surface area (Å²) in [5.41, 5.74) is 3.70. The number of carbonyl (C=O) groups excluding carboxylic acids is 1. The maximum atomic E-state index is 12.6. The van der Waals surface area contributed by atoms with E-state index in [1.807, 2.05) is 54.6 Å². The Bertz CT molecular complexity index is 1250. The van der Waals surface area contributed by atoms with Gasteiger partial charge in [-0.2, -0.15) is 5.26 Å². The molecule has 0 saturated heterocycles. The van der Waals surface area contributed by atoms with Gasteiger partial charge in [-0.1, -0.05) is 60.1 Å². The maximum absolute atomic E-state index is 12.6. The molecule has 1 N–H and O–H groups in total. The molecule has 0 spiro atoms. The highest BCUT2D eigenvalue weighted by atomic mass is 35.5. The van der Waals surface area contributed by atoms with Gasteiger partial charge in [-0.25, -0.2) is 0 Å². The Balaban J connectivity index is 1.73. The molecule has 3 aromatic rings. The van der Waals surface area contributed by atoms with Crippen molar-refractivity contribution in [3.8, 4) is 17.6 Å². The number of carbonyl (C=O) groups is 1. The first kappa shape index (κ1) is 26.6. The Kier molecular flexibility index (Phi) is 10.2. The number of hydrogen-bond donors (Lipinski definition) is 1. The third-order valence-electron chi connectivity index (χ3n) is 5.48. The van der Waals surface area contributed by atoms with Crippen molar-refractivity contribution in [2.75, 3.05) is 13.7 Å². The van der Waals surface area contributed by atoms with Crippen LogP contribution in [-0.2, 0) is 24.2 Å². The van der Waals surface area contributed by atoms with E-state index in [0.29, 0.717) is 41.7 Å². The fraction of sp³-hybridized carbons (Fsp3) is 0.200.